The first-order chi connectivity index (χ1) is 10.2. The van der Waals surface area contributed by atoms with Crippen LogP contribution >= 0.6 is 24.2 Å². The molecule has 1 fully saturated rings. The second-order valence-corrected chi connectivity index (χ2v) is 6.62. The minimum Gasteiger partial charge on any atom is -0.339 e. The summed E-state index contributed by atoms with van der Waals surface area (Å²) in [6, 6.07) is 8.09. The second kappa shape index (κ2) is 10.1. The number of hydrogen-bond acceptors (Lipinski definition) is 3. The summed E-state index contributed by atoms with van der Waals surface area (Å²) >= 11 is 1.80. The zero-order valence-corrected chi connectivity index (χ0v) is 15.1. The lowest BCUT2D eigenvalue weighted by atomic mass is 9.93. The van der Waals surface area contributed by atoms with E-state index >= 15 is 0 Å². The van der Waals surface area contributed by atoms with E-state index in [1.165, 1.54) is 12.0 Å². The lowest BCUT2D eigenvalue weighted by molar-refractivity contribution is 0.0687. The highest BCUT2D eigenvalue weighted by atomic mass is 35.5. The number of thioether (sulfide) groups is 1. The number of benzene rings is 1. The zero-order valence-electron chi connectivity index (χ0n) is 13.5. The van der Waals surface area contributed by atoms with E-state index < -0.39 is 0 Å². The SMILES string of the molecule is CNCCC1CCN(C(=O)c2ccc(CSC)cc2)CC1.Cl. The molecule has 0 radical (unpaired) electrons. The second-order valence-electron chi connectivity index (χ2n) is 5.76. The van der Waals surface area contributed by atoms with E-state index in [0.29, 0.717) is 0 Å². The normalized spacial score (nSPS) is 15.5. The molecule has 3 nitrogen and oxygen atoms in total. The van der Waals surface area contributed by atoms with Gasteiger partial charge in [-0.25, -0.2) is 0 Å². The average Bonchev–Trinajstić information content (AvgIpc) is 2.54. The molecule has 0 bridgehead atoms. The van der Waals surface area contributed by atoms with Gasteiger partial charge in [0.15, 0.2) is 0 Å². The van der Waals surface area contributed by atoms with E-state index in [-0.39, 0.29) is 18.3 Å². The molecule has 0 aliphatic carbocycles. The lowest BCUT2D eigenvalue weighted by Crippen LogP contribution is -2.38. The van der Waals surface area contributed by atoms with Gasteiger partial charge in [-0.15, -0.1) is 12.4 Å². The highest BCUT2D eigenvalue weighted by Crippen LogP contribution is 2.21. The molecule has 2 rings (SSSR count). The summed E-state index contributed by atoms with van der Waals surface area (Å²) in [6.45, 7) is 2.88. The molecule has 1 aromatic carbocycles. The molecule has 5 heteroatoms. The third-order valence-electron chi connectivity index (χ3n) is 4.22. The monoisotopic (exact) mass is 342 g/mol. The summed E-state index contributed by atoms with van der Waals surface area (Å²) in [5.41, 5.74) is 2.11. The Balaban J connectivity index is 0.00000242. The maximum absolute atomic E-state index is 12.5. The van der Waals surface area contributed by atoms with Crippen molar-refractivity contribution >= 4 is 30.1 Å². The molecule has 0 saturated carbocycles. The fourth-order valence-corrected chi connectivity index (χ4v) is 3.39. The quantitative estimate of drug-likeness (QED) is 0.859. The summed E-state index contributed by atoms with van der Waals surface area (Å²) in [5, 5.41) is 3.21. The number of nitrogens with zero attached hydrogens (tertiary/aromatic N) is 1. The number of nitrogens with one attached hydrogen (secondary N) is 1. The summed E-state index contributed by atoms with van der Waals surface area (Å²) in [7, 11) is 2.00. The Labute approximate surface area is 144 Å². The molecule has 1 aliphatic rings. The van der Waals surface area contributed by atoms with Gasteiger partial charge in [0.25, 0.3) is 5.91 Å². The number of carbonyl (C=O) groups excluding carboxylic acids is 1. The Kier molecular flexibility index (Phi) is 8.91. The molecule has 0 atom stereocenters. The van der Waals surface area contributed by atoms with Crippen LogP contribution in [-0.4, -0.2) is 43.7 Å². The predicted octanol–water partition coefficient (Wildman–Crippen LogP) is 3.43. The third-order valence-corrected chi connectivity index (χ3v) is 4.84. The van der Waals surface area contributed by atoms with Crippen molar-refractivity contribution in [1.82, 2.24) is 10.2 Å². The van der Waals surface area contributed by atoms with Crippen molar-refractivity contribution < 1.29 is 4.79 Å². The Morgan fingerprint density at radius 2 is 1.91 bits per heavy atom. The number of piperidine rings is 1. The molecule has 1 N–H and O–H groups in total. The van der Waals surface area contributed by atoms with E-state index in [1.807, 2.05) is 24.1 Å². The number of hydrogen-bond donors (Lipinski definition) is 1. The fraction of sp³-hybridized carbons (Fsp3) is 0.588. The van der Waals surface area contributed by atoms with Crippen molar-refractivity contribution in [2.24, 2.45) is 5.92 Å². The van der Waals surface area contributed by atoms with Gasteiger partial charge < -0.3 is 10.2 Å². The van der Waals surface area contributed by atoms with Crippen LogP contribution in [0, 0.1) is 5.92 Å². The van der Waals surface area contributed by atoms with Crippen LogP contribution in [0.25, 0.3) is 0 Å². The van der Waals surface area contributed by atoms with Crippen LogP contribution in [0.2, 0.25) is 0 Å². The molecule has 1 heterocycles. The highest BCUT2D eigenvalue weighted by molar-refractivity contribution is 7.97. The minimum absolute atomic E-state index is 0. The third kappa shape index (κ3) is 5.49. The molecular weight excluding hydrogens is 316 g/mol. The van der Waals surface area contributed by atoms with Crippen molar-refractivity contribution in [3.05, 3.63) is 35.4 Å². The molecule has 1 amide bonds. The Bertz CT molecular complexity index is 444. The van der Waals surface area contributed by atoms with Crippen LogP contribution < -0.4 is 5.32 Å². The van der Waals surface area contributed by atoms with Crippen molar-refractivity contribution in [3.8, 4) is 0 Å². The van der Waals surface area contributed by atoms with Gasteiger partial charge in [-0.2, -0.15) is 11.8 Å². The van der Waals surface area contributed by atoms with Crippen LogP contribution in [0.15, 0.2) is 24.3 Å². The summed E-state index contributed by atoms with van der Waals surface area (Å²) in [5.74, 6) is 1.97. The van der Waals surface area contributed by atoms with Crippen molar-refractivity contribution in [2.45, 2.75) is 25.0 Å². The maximum Gasteiger partial charge on any atom is 0.253 e. The summed E-state index contributed by atoms with van der Waals surface area (Å²) < 4.78 is 0. The van der Waals surface area contributed by atoms with Crippen LogP contribution in [0.3, 0.4) is 0 Å². The molecule has 0 spiro atoms. The largest absolute Gasteiger partial charge is 0.339 e. The van der Waals surface area contributed by atoms with Gasteiger partial charge in [-0.3, -0.25) is 4.79 Å². The van der Waals surface area contributed by atoms with Crippen molar-refractivity contribution in [3.63, 3.8) is 0 Å². The van der Waals surface area contributed by atoms with Crippen LogP contribution in [0.5, 0.6) is 0 Å². The molecular formula is C17H27ClN2OS. The fourth-order valence-electron chi connectivity index (χ4n) is 2.87. The van der Waals surface area contributed by atoms with Gasteiger partial charge in [0.1, 0.15) is 0 Å². The van der Waals surface area contributed by atoms with E-state index in [0.717, 1.165) is 49.7 Å². The van der Waals surface area contributed by atoms with E-state index in [4.69, 9.17) is 0 Å². The number of likely N-dealkylation sites (tertiary alicyclic amines) is 1. The molecule has 1 saturated heterocycles. The highest BCUT2D eigenvalue weighted by Gasteiger charge is 2.23. The predicted molar refractivity (Wildman–Crippen MR) is 98.1 cm³/mol. The molecule has 22 heavy (non-hydrogen) atoms. The van der Waals surface area contributed by atoms with Gasteiger partial charge in [0.05, 0.1) is 0 Å². The maximum atomic E-state index is 12.5. The smallest absolute Gasteiger partial charge is 0.253 e. The standard InChI is InChI=1S/C17H26N2OS.ClH/c1-18-10-7-14-8-11-19(12-9-14)17(20)16-5-3-15(4-6-16)13-21-2;/h3-6,14,18H,7-13H2,1-2H3;1H. The molecule has 0 unspecified atom stereocenters. The topological polar surface area (TPSA) is 32.3 Å². The van der Waals surface area contributed by atoms with Gasteiger partial charge >= 0.3 is 0 Å². The Hall–Kier alpha value is -0.710. The van der Waals surface area contributed by atoms with Crippen LogP contribution in [-0.2, 0) is 5.75 Å². The first-order valence-corrected chi connectivity index (χ1v) is 9.15. The molecule has 1 aromatic rings. The van der Waals surface area contributed by atoms with Crippen molar-refractivity contribution in [1.29, 1.82) is 0 Å². The van der Waals surface area contributed by atoms with Crippen LogP contribution in [0.1, 0.15) is 35.2 Å². The number of carbonyl (C=O) groups is 1. The first-order valence-electron chi connectivity index (χ1n) is 7.76. The molecule has 0 aromatic heterocycles. The molecule has 1 aliphatic heterocycles. The van der Waals surface area contributed by atoms with Gasteiger partial charge in [-0.05, 0) is 62.7 Å². The zero-order chi connectivity index (χ0) is 15.1. The number of amides is 1. The van der Waals surface area contributed by atoms with Gasteiger partial charge in [0.2, 0.25) is 0 Å². The van der Waals surface area contributed by atoms with Crippen molar-refractivity contribution in [2.75, 3.05) is 32.9 Å². The Morgan fingerprint density at radius 1 is 1.27 bits per heavy atom. The summed E-state index contributed by atoms with van der Waals surface area (Å²) in [4.78, 5) is 14.5. The van der Waals surface area contributed by atoms with Gasteiger partial charge in [0, 0.05) is 24.4 Å². The lowest BCUT2D eigenvalue weighted by Gasteiger charge is -2.32. The van der Waals surface area contributed by atoms with E-state index in [9.17, 15) is 4.79 Å². The summed E-state index contributed by atoms with van der Waals surface area (Å²) in [6.07, 6.45) is 5.59. The Morgan fingerprint density at radius 3 is 2.45 bits per heavy atom. The van der Waals surface area contributed by atoms with E-state index in [1.54, 1.807) is 11.8 Å². The number of rotatable bonds is 6. The number of halogens is 1. The van der Waals surface area contributed by atoms with Gasteiger partial charge in [-0.1, -0.05) is 12.1 Å². The van der Waals surface area contributed by atoms with E-state index in [2.05, 4.69) is 23.7 Å². The van der Waals surface area contributed by atoms with Crippen LogP contribution in [0.4, 0.5) is 0 Å². The first kappa shape index (κ1) is 19.3. The average molecular weight is 343 g/mol. The minimum atomic E-state index is 0. The molecule has 124 valence electrons.